The number of rotatable bonds is 4. The van der Waals surface area contributed by atoms with Crippen molar-refractivity contribution < 1.29 is 5.11 Å². The number of aliphatic hydroxyl groups is 1. The molecule has 0 aromatic rings. The Labute approximate surface area is 63.8 Å². The summed E-state index contributed by atoms with van der Waals surface area (Å²) in [5.41, 5.74) is 0. The molecule has 60 valence electrons. The third kappa shape index (κ3) is 4.57. The van der Waals surface area contributed by atoms with Gasteiger partial charge in [0.15, 0.2) is 0 Å². The Kier molecular flexibility index (Phi) is 5.32. The van der Waals surface area contributed by atoms with Crippen molar-refractivity contribution in [3.8, 4) is 0 Å². The van der Waals surface area contributed by atoms with Crippen LogP contribution in [0.4, 0.5) is 0 Å². The van der Waals surface area contributed by atoms with Gasteiger partial charge in [-0.05, 0) is 25.7 Å². The lowest BCUT2D eigenvalue weighted by Gasteiger charge is -2.10. The van der Waals surface area contributed by atoms with Gasteiger partial charge in [-0.15, -0.1) is 0 Å². The number of hydrogen-bond acceptors (Lipinski definition) is 1. The molecule has 0 fully saturated rings. The fourth-order valence-corrected chi connectivity index (χ4v) is 0.674. The minimum atomic E-state index is -0.179. The molecule has 0 aromatic heterocycles. The Morgan fingerprint density at radius 3 is 2.30 bits per heavy atom. The summed E-state index contributed by atoms with van der Waals surface area (Å²) in [6, 6.07) is 0. The Morgan fingerprint density at radius 1 is 1.30 bits per heavy atom. The highest BCUT2D eigenvalue weighted by Crippen LogP contribution is 2.07. The van der Waals surface area contributed by atoms with Crippen LogP contribution in [0.5, 0.6) is 0 Å². The van der Waals surface area contributed by atoms with Crippen LogP contribution in [-0.2, 0) is 0 Å². The van der Waals surface area contributed by atoms with Gasteiger partial charge in [0.25, 0.3) is 0 Å². The Morgan fingerprint density at radius 2 is 1.90 bits per heavy atom. The van der Waals surface area contributed by atoms with Crippen molar-refractivity contribution in [2.45, 2.75) is 39.7 Å². The molecule has 0 saturated carbocycles. The quantitative estimate of drug-likeness (QED) is 0.597. The number of aliphatic hydroxyl groups excluding tert-OH is 1. The normalized spacial score (nSPS) is 17.6. The van der Waals surface area contributed by atoms with Crippen LogP contribution in [0, 0.1) is 5.92 Å². The maximum Gasteiger partial charge on any atom is 0.0540 e. The van der Waals surface area contributed by atoms with E-state index >= 15 is 0 Å². The zero-order valence-corrected chi connectivity index (χ0v) is 7.17. The van der Waals surface area contributed by atoms with Gasteiger partial charge in [0.1, 0.15) is 0 Å². The van der Waals surface area contributed by atoms with Crippen LogP contribution >= 0.6 is 0 Å². The van der Waals surface area contributed by atoms with Gasteiger partial charge in [-0.2, -0.15) is 0 Å². The van der Waals surface area contributed by atoms with E-state index in [4.69, 9.17) is 5.11 Å². The first-order valence-electron chi connectivity index (χ1n) is 4.01. The Balaban J connectivity index is 3.38. The van der Waals surface area contributed by atoms with Crippen LogP contribution in [0.25, 0.3) is 0 Å². The Bertz CT molecular complexity index is 94.9. The first-order chi connectivity index (χ1) is 4.68. The fourth-order valence-electron chi connectivity index (χ4n) is 0.674. The molecule has 10 heavy (non-hydrogen) atoms. The summed E-state index contributed by atoms with van der Waals surface area (Å²) in [4.78, 5) is 0. The first-order valence-corrected chi connectivity index (χ1v) is 4.01. The first kappa shape index (κ1) is 9.70. The van der Waals surface area contributed by atoms with Gasteiger partial charge in [-0.3, -0.25) is 0 Å². The van der Waals surface area contributed by atoms with Crippen LogP contribution in [-0.4, -0.2) is 11.2 Å². The molecular formula is C9H18O. The molecular weight excluding hydrogens is 124 g/mol. The summed E-state index contributed by atoms with van der Waals surface area (Å²) in [7, 11) is 0. The van der Waals surface area contributed by atoms with Crippen LogP contribution in [0.1, 0.15) is 33.6 Å². The van der Waals surface area contributed by atoms with Crippen molar-refractivity contribution in [3.05, 3.63) is 12.2 Å². The monoisotopic (exact) mass is 142 g/mol. The molecule has 0 saturated heterocycles. The summed E-state index contributed by atoms with van der Waals surface area (Å²) in [5, 5.41) is 9.09. The Hall–Kier alpha value is -0.300. The largest absolute Gasteiger partial charge is 0.393 e. The minimum Gasteiger partial charge on any atom is -0.393 e. The summed E-state index contributed by atoms with van der Waals surface area (Å²) in [6.07, 6.45) is 6.18. The van der Waals surface area contributed by atoms with Crippen molar-refractivity contribution in [2.24, 2.45) is 5.92 Å². The zero-order valence-electron chi connectivity index (χ0n) is 7.17. The zero-order chi connectivity index (χ0) is 7.98. The van der Waals surface area contributed by atoms with Crippen molar-refractivity contribution in [3.63, 3.8) is 0 Å². The van der Waals surface area contributed by atoms with E-state index in [1.807, 2.05) is 6.92 Å². The molecule has 0 aliphatic carbocycles. The van der Waals surface area contributed by atoms with Crippen molar-refractivity contribution in [2.75, 3.05) is 0 Å². The average Bonchev–Trinajstić information content (AvgIpc) is 1.88. The molecule has 0 aromatic carbocycles. The highest BCUT2D eigenvalue weighted by Gasteiger charge is 2.04. The molecule has 1 nitrogen and oxygen atoms in total. The van der Waals surface area contributed by atoms with E-state index in [1.165, 1.54) is 0 Å². The van der Waals surface area contributed by atoms with Gasteiger partial charge in [0.05, 0.1) is 6.10 Å². The molecule has 0 aliphatic heterocycles. The predicted molar refractivity (Wildman–Crippen MR) is 44.9 cm³/mol. The average molecular weight is 142 g/mol. The van der Waals surface area contributed by atoms with E-state index in [2.05, 4.69) is 26.0 Å². The second-order valence-corrected chi connectivity index (χ2v) is 2.83. The highest BCUT2D eigenvalue weighted by atomic mass is 16.3. The SMILES string of the molecule is CC/C=C/CC(C)C(C)O. The predicted octanol–water partition coefficient (Wildman–Crippen LogP) is 2.36. The molecule has 0 spiro atoms. The van der Waals surface area contributed by atoms with E-state index in [9.17, 15) is 0 Å². The maximum atomic E-state index is 9.09. The van der Waals surface area contributed by atoms with Gasteiger partial charge in [0.2, 0.25) is 0 Å². The second-order valence-electron chi connectivity index (χ2n) is 2.83. The molecule has 0 aliphatic rings. The second kappa shape index (κ2) is 5.48. The van der Waals surface area contributed by atoms with Gasteiger partial charge < -0.3 is 5.11 Å². The molecule has 0 bridgehead atoms. The smallest absolute Gasteiger partial charge is 0.0540 e. The van der Waals surface area contributed by atoms with Gasteiger partial charge in [0, 0.05) is 0 Å². The van der Waals surface area contributed by atoms with Crippen molar-refractivity contribution >= 4 is 0 Å². The lowest BCUT2D eigenvalue weighted by atomic mass is 10.0. The van der Waals surface area contributed by atoms with Gasteiger partial charge >= 0.3 is 0 Å². The maximum absolute atomic E-state index is 9.09. The third-order valence-electron chi connectivity index (χ3n) is 1.73. The standard InChI is InChI=1S/C9H18O/c1-4-5-6-7-8(2)9(3)10/h5-6,8-10H,4,7H2,1-3H3/b6-5+. The number of allylic oxidation sites excluding steroid dienone is 2. The molecule has 0 heterocycles. The molecule has 2 atom stereocenters. The fraction of sp³-hybridized carbons (Fsp3) is 0.778. The van der Waals surface area contributed by atoms with Crippen LogP contribution in [0.15, 0.2) is 12.2 Å². The lowest BCUT2D eigenvalue weighted by Crippen LogP contribution is -2.11. The molecule has 0 rings (SSSR count). The number of hydrogen-bond donors (Lipinski definition) is 1. The highest BCUT2D eigenvalue weighted by molar-refractivity contribution is 4.82. The van der Waals surface area contributed by atoms with Crippen molar-refractivity contribution in [1.29, 1.82) is 0 Å². The summed E-state index contributed by atoms with van der Waals surface area (Å²) >= 11 is 0. The summed E-state index contributed by atoms with van der Waals surface area (Å²) in [5.74, 6) is 0.391. The summed E-state index contributed by atoms with van der Waals surface area (Å²) < 4.78 is 0. The topological polar surface area (TPSA) is 20.2 Å². The van der Waals surface area contributed by atoms with Crippen LogP contribution in [0.3, 0.4) is 0 Å². The van der Waals surface area contributed by atoms with E-state index in [-0.39, 0.29) is 6.10 Å². The van der Waals surface area contributed by atoms with Gasteiger partial charge in [-0.25, -0.2) is 0 Å². The van der Waals surface area contributed by atoms with E-state index < -0.39 is 0 Å². The third-order valence-corrected chi connectivity index (χ3v) is 1.73. The van der Waals surface area contributed by atoms with Gasteiger partial charge in [-0.1, -0.05) is 26.0 Å². The van der Waals surface area contributed by atoms with E-state index in [1.54, 1.807) is 0 Å². The molecule has 1 N–H and O–H groups in total. The van der Waals surface area contributed by atoms with E-state index in [0.29, 0.717) is 5.92 Å². The minimum absolute atomic E-state index is 0.179. The van der Waals surface area contributed by atoms with Crippen LogP contribution < -0.4 is 0 Å². The van der Waals surface area contributed by atoms with E-state index in [0.717, 1.165) is 12.8 Å². The lowest BCUT2D eigenvalue weighted by molar-refractivity contribution is 0.136. The molecule has 0 amide bonds. The molecule has 0 radical (unpaired) electrons. The van der Waals surface area contributed by atoms with Crippen molar-refractivity contribution in [1.82, 2.24) is 0 Å². The van der Waals surface area contributed by atoms with Crippen LogP contribution in [0.2, 0.25) is 0 Å². The molecule has 1 heteroatoms. The summed E-state index contributed by atoms with van der Waals surface area (Å²) in [6.45, 7) is 6.01. The molecule has 2 unspecified atom stereocenters.